The average Bonchev–Trinajstić information content (AvgIpc) is 2.74. The third-order valence-corrected chi connectivity index (χ3v) is 3.74. The van der Waals surface area contributed by atoms with E-state index in [0.717, 1.165) is 13.0 Å². The number of hydrogen-bond acceptors (Lipinski definition) is 3. The van der Waals surface area contributed by atoms with Gasteiger partial charge in [-0.25, -0.2) is 4.98 Å². The number of hydrogen-bond donors (Lipinski definition) is 3. The summed E-state index contributed by atoms with van der Waals surface area (Å²) in [6.45, 7) is 4.52. The molecule has 102 valence electrons. The van der Waals surface area contributed by atoms with Crippen molar-refractivity contribution in [2.24, 2.45) is 0 Å². The molecule has 0 saturated carbocycles. The van der Waals surface area contributed by atoms with Gasteiger partial charge in [-0.3, -0.25) is 0 Å². The first-order chi connectivity index (χ1) is 8.84. The predicted octanol–water partition coefficient (Wildman–Crippen LogP) is 1.85. The minimum absolute atomic E-state index is 0.587. The summed E-state index contributed by atoms with van der Waals surface area (Å²) in [7, 11) is 0. The number of nitrogens with one attached hydrogen (secondary N) is 3. The van der Waals surface area contributed by atoms with E-state index in [1.165, 1.54) is 44.3 Å². The van der Waals surface area contributed by atoms with Crippen LogP contribution in [-0.2, 0) is 6.42 Å². The fraction of sp³-hybridized carbons (Fsp3) is 0.786. The SMILES string of the molecule is CC(CC1CCCCCN1)NCCc1cnc[nH]1. The molecule has 3 N–H and O–H groups in total. The molecule has 1 saturated heterocycles. The number of aromatic nitrogens is 2. The van der Waals surface area contributed by atoms with Crippen LogP contribution >= 0.6 is 0 Å². The van der Waals surface area contributed by atoms with Gasteiger partial charge in [0.2, 0.25) is 0 Å². The molecule has 0 aromatic carbocycles. The van der Waals surface area contributed by atoms with Crippen LogP contribution in [-0.4, -0.2) is 35.1 Å². The van der Waals surface area contributed by atoms with Gasteiger partial charge < -0.3 is 15.6 Å². The number of rotatable bonds is 6. The standard InChI is InChI=1S/C14H26N4/c1-12(9-13-5-3-2-4-7-17-13)16-8-6-14-10-15-11-18-14/h10-13,16-17H,2-9H2,1H3,(H,15,18). The van der Waals surface area contributed by atoms with E-state index in [0.29, 0.717) is 12.1 Å². The Labute approximate surface area is 110 Å². The van der Waals surface area contributed by atoms with E-state index in [4.69, 9.17) is 0 Å². The van der Waals surface area contributed by atoms with Crippen LogP contribution in [0.4, 0.5) is 0 Å². The first-order valence-electron chi connectivity index (χ1n) is 7.28. The molecule has 18 heavy (non-hydrogen) atoms. The molecule has 0 radical (unpaired) electrons. The molecule has 1 aliphatic rings. The lowest BCUT2D eigenvalue weighted by Crippen LogP contribution is -2.37. The highest BCUT2D eigenvalue weighted by Crippen LogP contribution is 2.12. The van der Waals surface area contributed by atoms with Crippen LogP contribution in [0.1, 0.15) is 44.7 Å². The van der Waals surface area contributed by atoms with Crippen molar-refractivity contribution < 1.29 is 0 Å². The van der Waals surface area contributed by atoms with Gasteiger partial charge in [0, 0.05) is 36.9 Å². The summed E-state index contributed by atoms with van der Waals surface area (Å²) in [5.74, 6) is 0. The Hall–Kier alpha value is -0.870. The molecule has 1 fully saturated rings. The quantitative estimate of drug-likeness (QED) is 0.722. The average molecular weight is 250 g/mol. The normalized spacial score (nSPS) is 22.6. The molecule has 1 aromatic heterocycles. The van der Waals surface area contributed by atoms with E-state index in [9.17, 15) is 0 Å². The van der Waals surface area contributed by atoms with Gasteiger partial charge in [-0.15, -0.1) is 0 Å². The monoisotopic (exact) mass is 250 g/mol. The van der Waals surface area contributed by atoms with Gasteiger partial charge in [-0.2, -0.15) is 0 Å². The fourth-order valence-corrected chi connectivity index (χ4v) is 2.69. The summed E-state index contributed by atoms with van der Waals surface area (Å²) in [5.41, 5.74) is 1.21. The molecular weight excluding hydrogens is 224 g/mol. The maximum absolute atomic E-state index is 4.03. The molecule has 0 amide bonds. The smallest absolute Gasteiger partial charge is 0.0921 e. The summed E-state index contributed by atoms with van der Waals surface area (Å²) >= 11 is 0. The molecule has 0 bridgehead atoms. The van der Waals surface area contributed by atoms with Crippen molar-refractivity contribution in [3.63, 3.8) is 0 Å². The minimum atomic E-state index is 0.587. The van der Waals surface area contributed by atoms with Crippen molar-refractivity contribution in [1.29, 1.82) is 0 Å². The van der Waals surface area contributed by atoms with Crippen LogP contribution in [0.3, 0.4) is 0 Å². The number of H-pyrrole nitrogens is 1. The van der Waals surface area contributed by atoms with Crippen LogP contribution in [0.2, 0.25) is 0 Å². The molecular formula is C14H26N4. The second kappa shape index (κ2) is 7.54. The Morgan fingerprint density at radius 2 is 2.39 bits per heavy atom. The molecule has 0 spiro atoms. The zero-order valence-electron chi connectivity index (χ0n) is 11.4. The van der Waals surface area contributed by atoms with Crippen LogP contribution in [0.5, 0.6) is 0 Å². The van der Waals surface area contributed by atoms with Gasteiger partial charge >= 0.3 is 0 Å². The van der Waals surface area contributed by atoms with Crippen molar-refractivity contribution in [2.45, 2.75) is 57.5 Å². The number of nitrogens with zero attached hydrogens (tertiary/aromatic N) is 1. The predicted molar refractivity (Wildman–Crippen MR) is 74.6 cm³/mol. The highest BCUT2D eigenvalue weighted by Gasteiger charge is 2.14. The fourth-order valence-electron chi connectivity index (χ4n) is 2.69. The van der Waals surface area contributed by atoms with E-state index < -0.39 is 0 Å². The Kier molecular flexibility index (Phi) is 5.68. The summed E-state index contributed by atoms with van der Waals surface area (Å²) in [4.78, 5) is 7.17. The van der Waals surface area contributed by atoms with Crippen LogP contribution in [0.25, 0.3) is 0 Å². The van der Waals surface area contributed by atoms with Gasteiger partial charge in [0.1, 0.15) is 0 Å². The van der Waals surface area contributed by atoms with Gasteiger partial charge in [0.15, 0.2) is 0 Å². The molecule has 4 nitrogen and oxygen atoms in total. The van der Waals surface area contributed by atoms with Gasteiger partial charge in [0.05, 0.1) is 6.33 Å². The Morgan fingerprint density at radius 1 is 1.44 bits per heavy atom. The highest BCUT2D eigenvalue weighted by molar-refractivity contribution is 4.94. The Bertz CT molecular complexity index is 302. The molecule has 1 aliphatic heterocycles. The minimum Gasteiger partial charge on any atom is -0.348 e. The third kappa shape index (κ3) is 4.78. The van der Waals surface area contributed by atoms with Crippen LogP contribution in [0, 0.1) is 0 Å². The van der Waals surface area contributed by atoms with Crippen molar-refractivity contribution in [3.05, 3.63) is 18.2 Å². The number of imidazole rings is 1. The van der Waals surface area contributed by atoms with E-state index >= 15 is 0 Å². The molecule has 1 aromatic rings. The van der Waals surface area contributed by atoms with Gasteiger partial charge in [-0.1, -0.05) is 12.8 Å². The first-order valence-corrected chi connectivity index (χ1v) is 7.28. The summed E-state index contributed by atoms with van der Waals surface area (Å²) in [6.07, 6.45) is 11.4. The van der Waals surface area contributed by atoms with Crippen molar-refractivity contribution in [2.75, 3.05) is 13.1 Å². The Morgan fingerprint density at radius 3 is 3.22 bits per heavy atom. The third-order valence-electron chi connectivity index (χ3n) is 3.74. The summed E-state index contributed by atoms with van der Waals surface area (Å²) in [6, 6.07) is 1.30. The Balaban J connectivity index is 1.60. The van der Waals surface area contributed by atoms with E-state index in [1.54, 1.807) is 6.33 Å². The maximum atomic E-state index is 4.03. The molecule has 4 heteroatoms. The van der Waals surface area contributed by atoms with Crippen molar-refractivity contribution >= 4 is 0 Å². The van der Waals surface area contributed by atoms with Gasteiger partial charge in [-0.05, 0) is 32.7 Å². The highest BCUT2D eigenvalue weighted by atomic mass is 15.0. The summed E-state index contributed by atoms with van der Waals surface area (Å²) in [5, 5.41) is 7.26. The second-order valence-electron chi connectivity index (χ2n) is 5.42. The topological polar surface area (TPSA) is 52.7 Å². The maximum Gasteiger partial charge on any atom is 0.0921 e. The molecule has 2 rings (SSSR count). The molecule has 2 heterocycles. The molecule has 2 atom stereocenters. The lowest BCUT2D eigenvalue weighted by Gasteiger charge is -2.21. The summed E-state index contributed by atoms with van der Waals surface area (Å²) < 4.78 is 0. The van der Waals surface area contributed by atoms with E-state index in [2.05, 4.69) is 27.5 Å². The van der Waals surface area contributed by atoms with Crippen molar-refractivity contribution in [3.8, 4) is 0 Å². The van der Waals surface area contributed by atoms with Crippen LogP contribution < -0.4 is 10.6 Å². The first kappa shape index (κ1) is 13.6. The number of aromatic amines is 1. The zero-order chi connectivity index (χ0) is 12.6. The largest absolute Gasteiger partial charge is 0.348 e. The van der Waals surface area contributed by atoms with E-state index in [1.807, 2.05) is 6.20 Å². The lowest BCUT2D eigenvalue weighted by atomic mass is 10.0. The zero-order valence-corrected chi connectivity index (χ0v) is 11.4. The molecule has 2 unspecified atom stereocenters. The van der Waals surface area contributed by atoms with Gasteiger partial charge in [0.25, 0.3) is 0 Å². The van der Waals surface area contributed by atoms with E-state index in [-0.39, 0.29) is 0 Å². The molecule has 0 aliphatic carbocycles. The van der Waals surface area contributed by atoms with Crippen LogP contribution in [0.15, 0.2) is 12.5 Å². The second-order valence-corrected chi connectivity index (χ2v) is 5.42. The van der Waals surface area contributed by atoms with Crippen molar-refractivity contribution in [1.82, 2.24) is 20.6 Å². The lowest BCUT2D eigenvalue weighted by molar-refractivity contribution is 0.404.